The third-order valence-electron chi connectivity index (χ3n) is 1.61. The van der Waals surface area contributed by atoms with Crippen molar-refractivity contribution in [3.05, 3.63) is 11.8 Å². The van der Waals surface area contributed by atoms with Crippen LogP contribution >= 0.6 is 0 Å². The number of aryl methyl sites for hydroxylation is 2. The maximum Gasteiger partial charge on any atom is 0.232 e. The quantitative estimate of drug-likeness (QED) is 0.657. The average molecular weight is 154 g/mol. The minimum absolute atomic E-state index is 0.681. The van der Waals surface area contributed by atoms with Crippen LogP contribution in [0.2, 0.25) is 0 Å². The van der Waals surface area contributed by atoms with E-state index >= 15 is 0 Å². The third-order valence-corrected chi connectivity index (χ3v) is 1.61. The summed E-state index contributed by atoms with van der Waals surface area (Å²) in [6.45, 7) is 4.74. The first-order valence-corrected chi connectivity index (χ1v) is 3.93. The molecule has 1 aromatic heterocycles. The van der Waals surface area contributed by atoms with Gasteiger partial charge in [0.2, 0.25) is 5.88 Å². The second kappa shape index (κ2) is 3.42. The number of hydrogen-bond donors (Lipinski definition) is 0. The SMILES string of the molecule is CCOc1cc(CC)n(C)n1. The van der Waals surface area contributed by atoms with Gasteiger partial charge in [0, 0.05) is 18.8 Å². The molecule has 0 spiro atoms. The van der Waals surface area contributed by atoms with E-state index in [9.17, 15) is 0 Å². The topological polar surface area (TPSA) is 27.1 Å². The van der Waals surface area contributed by atoms with E-state index in [0.717, 1.165) is 12.3 Å². The Morgan fingerprint density at radius 1 is 1.55 bits per heavy atom. The smallest absolute Gasteiger partial charge is 0.232 e. The summed E-state index contributed by atoms with van der Waals surface area (Å²) in [5, 5.41) is 4.17. The second-order valence-electron chi connectivity index (χ2n) is 2.38. The van der Waals surface area contributed by atoms with Crippen LogP contribution in [0.25, 0.3) is 0 Å². The highest BCUT2D eigenvalue weighted by Crippen LogP contribution is 2.10. The lowest BCUT2D eigenvalue weighted by molar-refractivity contribution is 0.323. The molecule has 0 aliphatic carbocycles. The Morgan fingerprint density at radius 3 is 2.73 bits per heavy atom. The summed E-state index contributed by atoms with van der Waals surface area (Å²) in [4.78, 5) is 0. The van der Waals surface area contributed by atoms with E-state index in [4.69, 9.17) is 4.74 Å². The first-order valence-electron chi connectivity index (χ1n) is 3.93. The van der Waals surface area contributed by atoms with Crippen molar-refractivity contribution in [2.24, 2.45) is 7.05 Å². The molecular weight excluding hydrogens is 140 g/mol. The molecule has 0 aromatic carbocycles. The molecule has 0 fully saturated rings. The van der Waals surface area contributed by atoms with Crippen LogP contribution in [0.3, 0.4) is 0 Å². The lowest BCUT2D eigenvalue weighted by Gasteiger charge is -1.94. The summed E-state index contributed by atoms with van der Waals surface area (Å²) in [6, 6.07) is 1.98. The maximum absolute atomic E-state index is 5.24. The minimum Gasteiger partial charge on any atom is -0.477 e. The minimum atomic E-state index is 0.681. The van der Waals surface area contributed by atoms with Gasteiger partial charge < -0.3 is 4.74 Å². The monoisotopic (exact) mass is 154 g/mol. The Balaban J connectivity index is 2.77. The fourth-order valence-corrected chi connectivity index (χ4v) is 1.03. The summed E-state index contributed by atoms with van der Waals surface area (Å²) < 4.78 is 7.09. The van der Waals surface area contributed by atoms with Crippen molar-refractivity contribution in [3.63, 3.8) is 0 Å². The zero-order chi connectivity index (χ0) is 8.27. The second-order valence-corrected chi connectivity index (χ2v) is 2.38. The summed E-state index contributed by atoms with van der Waals surface area (Å²) in [7, 11) is 1.93. The highest BCUT2D eigenvalue weighted by Gasteiger charge is 2.01. The van der Waals surface area contributed by atoms with E-state index < -0.39 is 0 Å². The molecule has 3 heteroatoms. The molecule has 0 aliphatic rings. The van der Waals surface area contributed by atoms with Gasteiger partial charge in [-0.1, -0.05) is 6.92 Å². The van der Waals surface area contributed by atoms with Crippen LogP contribution in [-0.4, -0.2) is 16.4 Å². The van der Waals surface area contributed by atoms with E-state index in [1.54, 1.807) is 0 Å². The number of nitrogens with zero attached hydrogens (tertiary/aromatic N) is 2. The lowest BCUT2D eigenvalue weighted by atomic mass is 10.3. The van der Waals surface area contributed by atoms with Gasteiger partial charge in [-0.25, -0.2) is 0 Å². The molecule has 0 saturated heterocycles. The molecule has 11 heavy (non-hydrogen) atoms. The number of rotatable bonds is 3. The molecule has 0 bridgehead atoms. The average Bonchev–Trinajstić information content (AvgIpc) is 2.32. The van der Waals surface area contributed by atoms with Crippen LogP contribution < -0.4 is 4.74 Å². The Morgan fingerprint density at radius 2 is 2.27 bits per heavy atom. The Labute approximate surface area is 67.0 Å². The molecule has 0 amide bonds. The highest BCUT2D eigenvalue weighted by atomic mass is 16.5. The van der Waals surface area contributed by atoms with Crippen molar-refractivity contribution >= 4 is 0 Å². The van der Waals surface area contributed by atoms with Crippen molar-refractivity contribution in [3.8, 4) is 5.88 Å². The van der Waals surface area contributed by atoms with Gasteiger partial charge in [-0.15, -0.1) is 5.10 Å². The number of aromatic nitrogens is 2. The third kappa shape index (κ3) is 1.73. The number of ether oxygens (including phenoxy) is 1. The van der Waals surface area contributed by atoms with Crippen LogP contribution in [-0.2, 0) is 13.5 Å². The fourth-order valence-electron chi connectivity index (χ4n) is 1.03. The molecule has 0 unspecified atom stereocenters. The Hall–Kier alpha value is -0.990. The van der Waals surface area contributed by atoms with Crippen LogP contribution in [0, 0.1) is 0 Å². The molecule has 62 valence electrons. The maximum atomic E-state index is 5.24. The summed E-state index contributed by atoms with van der Waals surface area (Å²) >= 11 is 0. The van der Waals surface area contributed by atoms with E-state index in [2.05, 4.69) is 12.0 Å². The fraction of sp³-hybridized carbons (Fsp3) is 0.625. The van der Waals surface area contributed by atoms with Gasteiger partial charge in [0.15, 0.2) is 0 Å². The summed E-state index contributed by atoms with van der Waals surface area (Å²) in [5.74, 6) is 0.729. The van der Waals surface area contributed by atoms with Gasteiger partial charge in [0.25, 0.3) is 0 Å². The first kappa shape index (κ1) is 8.11. The molecule has 0 saturated carbocycles. The molecule has 1 heterocycles. The predicted octanol–water partition coefficient (Wildman–Crippen LogP) is 1.38. The predicted molar refractivity (Wildman–Crippen MR) is 43.8 cm³/mol. The molecule has 0 atom stereocenters. The van der Waals surface area contributed by atoms with Crippen molar-refractivity contribution in [1.29, 1.82) is 0 Å². The van der Waals surface area contributed by atoms with Crippen LogP contribution in [0.5, 0.6) is 5.88 Å². The van der Waals surface area contributed by atoms with E-state index in [-0.39, 0.29) is 0 Å². The zero-order valence-electron chi connectivity index (χ0n) is 7.29. The van der Waals surface area contributed by atoms with Gasteiger partial charge in [-0.3, -0.25) is 4.68 Å². The molecule has 3 nitrogen and oxygen atoms in total. The Bertz CT molecular complexity index is 230. The van der Waals surface area contributed by atoms with Gasteiger partial charge in [-0.2, -0.15) is 0 Å². The normalized spacial score (nSPS) is 10.1. The molecule has 1 aromatic rings. The van der Waals surface area contributed by atoms with Crippen LogP contribution in [0.1, 0.15) is 19.5 Å². The van der Waals surface area contributed by atoms with E-state index in [0.29, 0.717) is 6.61 Å². The first-order chi connectivity index (χ1) is 5.27. The van der Waals surface area contributed by atoms with Crippen LogP contribution in [0.4, 0.5) is 0 Å². The van der Waals surface area contributed by atoms with Gasteiger partial charge in [0.1, 0.15) is 0 Å². The number of hydrogen-bond acceptors (Lipinski definition) is 2. The standard InChI is InChI=1S/C8H14N2O/c1-4-7-6-8(11-5-2)9-10(7)3/h6H,4-5H2,1-3H3. The van der Waals surface area contributed by atoms with Gasteiger partial charge in [0.05, 0.1) is 6.61 Å². The van der Waals surface area contributed by atoms with Crippen molar-refractivity contribution < 1.29 is 4.74 Å². The largest absolute Gasteiger partial charge is 0.477 e. The summed E-state index contributed by atoms with van der Waals surface area (Å²) in [6.07, 6.45) is 0.997. The highest BCUT2D eigenvalue weighted by molar-refractivity contribution is 5.15. The van der Waals surface area contributed by atoms with Crippen molar-refractivity contribution in [2.45, 2.75) is 20.3 Å². The van der Waals surface area contributed by atoms with E-state index in [1.807, 2.05) is 24.7 Å². The van der Waals surface area contributed by atoms with Gasteiger partial charge in [-0.05, 0) is 13.3 Å². The van der Waals surface area contributed by atoms with Crippen molar-refractivity contribution in [1.82, 2.24) is 9.78 Å². The molecule has 0 aliphatic heterocycles. The molecular formula is C8H14N2O. The van der Waals surface area contributed by atoms with Gasteiger partial charge >= 0.3 is 0 Å². The van der Waals surface area contributed by atoms with Crippen LogP contribution in [0.15, 0.2) is 6.07 Å². The van der Waals surface area contributed by atoms with E-state index in [1.165, 1.54) is 5.69 Å². The Kier molecular flexibility index (Phi) is 2.52. The molecule has 1 rings (SSSR count). The lowest BCUT2D eigenvalue weighted by Crippen LogP contribution is -1.96. The summed E-state index contributed by atoms with van der Waals surface area (Å²) in [5.41, 5.74) is 1.20. The zero-order valence-corrected chi connectivity index (χ0v) is 7.29. The molecule has 0 N–H and O–H groups in total. The van der Waals surface area contributed by atoms with Crippen molar-refractivity contribution in [2.75, 3.05) is 6.61 Å². The molecule has 0 radical (unpaired) electrons.